The minimum Gasteiger partial charge on any atom is -0.419 e. The standard InChI is InChI=1S/C36H32N2O6/c39-33(43-35-23-37(19-25-11-3-1-4-12-25)21-31(41-35)27-15-7-9-17-29(27)35)34(40)44-36-24-38(20-26-13-5-2-6-14-26)22-32(42-36)28-16-8-10-18-30(28)36/h1-18,31-32H,19-24H2. The molecule has 4 atom stereocenters. The fourth-order valence-electron chi connectivity index (χ4n) is 7.20. The number of carbonyl (C=O) groups excluding carboxylic acids is 2. The highest BCUT2D eigenvalue weighted by Crippen LogP contribution is 2.50. The molecular weight excluding hydrogens is 556 g/mol. The molecule has 0 aromatic heterocycles. The summed E-state index contributed by atoms with van der Waals surface area (Å²) >= 11 is 0. The second-order valence-corrected chi connectivity index (χ2v) is 12.0. The van der Waals surface area contributed by atoms with Gasteiger partial charge in [-0.1, -0.05) is 109 Å². The Morgan fingerprint density at radius 3 is 1.41 bits per heavy atom. The van der Waals surface area contributed by atoms with Crippen LogP contribution in [0.5, 0.6) is 0 Å². The molecule has 0 aliphatic carbocycles. The Kier molecular flexibility index (Phi) is 6.61. The molecule has 2 saturated heterocycles. The van der Waals surface area contributed by atoms with E-state index in [1.165, 1.54) is 0 Å². The average Bonchev–Trinajstić information content (AvgIpc) is 3.41. The Morgan fingerprint density at radius 1 is 0.591 bits per heavy atom. The average molecular weight is 589 g/mol. The van der Waals surface area contributed by atoms with Crippen molar-refractivity contribution in [3.8, 4) is 0 Å². The molecule has 4 aliphatic heterocycles. The second kappa shape index (κ2) is 10.7. The monoisotopic (exact) mass is 588 g/mol. The van der Waals surface area contributed by atoms with Gasteiger partial charge in [-0.2, -0.15) is 0 Å². The maximum Gasteiger partial charge on any atom is 0.420 e. The Hall–Kier alpha value is -4.34. The molecule has 0 saturated carbocycles. The summed E-state index contributed by atoms with van der Waals surface area (Å²) in [6.45, 7) is 3.16. The number of rotatable bonds is 6. The van der Waals surface area contributed by atoms with Crippen LogP contribution >= 0.6 is 0 Å². The van der Waals surface area contributed by atoms with E-state index < -0.39 is 23.5 Å². The minimum atomic E-state index is -1.43. The molecule has 8 nitrogen and oxygen atoms in total. The van der Waals surface area contributed by atoms with Gasteiger partial charge in [0.1, 0.15) is 12.2 Å². The van der Waals surface area contributed by atoms with E-state index in [4.69, 9.17) is 18.9 Å². The van der Waals surface area contributed by atoms with Crippen LogP contribution in [0.25, 0.3) is 0 Å². The number of hydrogen-bond acceptors (Lipinski definition) is 8. The van der Waals surface area contributed by atoms with Gasteiger partial charge in [-0.15, -0.1) is 0 Å². The third-order valence-electron chi connectivity index (χ3n) is 8.99. The zero-order valence-corrected chi connectivity index (χ0v) is 24.1. The number of nitrogens with zero attached hydrogens (tertiary/aromatic N) is 2. The van der Waals surface area contributed by atoms with Gasteiger partial charge in [0, 0.05) is 37.3 Å². The van der Waals surface area contributed by atoms with Crippen LogP contribution < -0.4 is 0 Å². The van der Waals surface area contributed by atoms with Crippen molar-refractivity contribution in [3.05, 3.63) is 143 Å². The minimum absolute atomic E-state index is 0.284. The number of ether oxygens (including phenoxy) is 4. The van der Waals surface area contributed by atoms with Crippen molar-refractivity contribution in [2.75, 3.05) is 26.2 Å². The predicted molar refractivity (Wildman–Crippen MR) is 160 cm³/mol. The normalized spacial score (nSPS) is 26.9. The number of benzene rings is 4. The summed E-state index contributed by atoms with van der Waals surface area (Å²) in [7, 11) is 0. The number of carbonyl (C=O) groups is 2. The molecule has 4 bridgehead atoms. The zero-order chi connectivity index (χ0) is 29.7. The quantitative estimate of drug-likeness (QED) is 0.231. The van der Waals surface area contributed by atoms with E-state index in [-0.39, 0.29) is 25.3 Å². The van der Waals surface area contributed by atoms with E-state index in [0.717, 1.165) is 33.4 Å². The van der Waals surface area contributed by atoms with Gasteiger partial charge in [0.15, 0.2) is 0 Å². The number of fused-ring (bicyclic) bond motifs is 10. The topological polar surface area (TPSA) is 77.5 Å². The van der Waals surface area contributed by atoms with Crippen molar-refractivity contribution in [1.82, 2.24) is 9.80 Å². The first-order valence-electron chi connectivity index (χ1n) is 15.0. The largest absolute Gasteiger partial charge is 0.420 e. The lowest BCUT2D eigenvalue weighted by atomic mass is 10.0. The van der Waals surface area contributed by atoms with Crippen LogP contribution in [-0.4, -0.2) is 47.9 Å². The van der Waals surface area contributed by atoms with E-state index in [1.54, 1.807) is 0 Å². The van der Waals surface area contributed by atoms with Crippen LogP contribution in [0.3, 0.4) is 0 Å². The highest BCUT2D eigenvalue weighted by molar-refractivity contribution is 6.29. The summed E-state index contributed by atoms with van der Waals surface area (Å²) < 4.78 is 24.9. The summed E-state index contributed by atoms with van der Waals surface area (Å²) in [6, 6.07) is 35.7. The molecule has 4 aromatic carbocycles. The molecule has 4 aromatic rings. The maximum atomic E-state index is 13.6. The van der Waals surface area contributed by atoms with E-state index in [2.05, 4.69) is 34.1 Å². The summed E-state index contributed by atoms with van der Waals surface area (Å²) in [6.07, 6.45) is -0.580. The van der Waals surface area contributed by atoms with Crippen molar-refractivity contribution in [2.45, 2.75) is 36.9 Å². The van der Waals surface area contributed by atoms with E-state index >= 15 is 0 Å². The third-order valence-corrected chi connectivity index (χ3v) is 8.99. The molecule has 2 fully saturated rings. The Bertz CT molecular complexity index is 1590. The van der Waals surface area contributed by atoms with Gasteiger partial charge in [-0.25, -0.2) is 9.59 Å². The predicted octanol–water partition coefficient (Wildman–Crippen LogP) is 4.95. The molecule has 0 amide bonds. The fourth-order valence-corrected chi connectivity index (χ4v) is 7.20. The molecule has 8 heteroatoms. The van der Waals surface area contributed by atoms with Gasteiger partial charge in [0.2, 0.25) is 0 Å². The Morgan fingerprint density at radius 2 is 0.977 bits per heavy atom. The first-order chi connectivity index (χ1) is 21.5. The van der Waals surface area contributed by atoms with Crippen molar-refractivity contribution < 1.29 is 28.5 Å². The molecule has 4 unspecified atom stereocenters. The number of morpholine rings is 2. The van der Waals surface area contributed by atoms with Crippen molar-refractivity contribution in [3.63, 3.8) is 0 Å². The number of hydrogen-bond donors (Lipinski definition) is 0. The van der Waals surface area contributed by atoms with Gasteiger partial charge >= 0.3 is 11.9 Å². The third kappa shape index (κ3) is 4.71. The maximum absolute atomic E-state index is 13.6. The molecule has 8 rings (SSSR count). The van der Waals surface area contributed by atoms with Crippen LogP contribution in [0.15, 0.2) is 109 Å². The summed E-state index contributed by atoms with van der Waals surface area (Å²) in [5.74, 6) is -5.07. The molecule has 222 valence electrons. The number of esters is 2. The summed E-state index contributed by atoms with van der Waals surface area (Å²) in [5, 5.41) is 0. The van der Waals surface area contributed by atoms with Crippen LogP contribution in [0, 0.1) is 0 Å². The van der Waals surface area contributed by atoms with Crippen molar-refractivity contribution in [1.29, 1.82) is 0 Å². The second-order valence-electron chi connectivity index (χ2n) is 12.0. The molecule has 0 spiro atoms. The van der Waals surface area contributed by atoms with E-state index in [0.29, 0.717) is 26.2 Å². The Balaban J connectivity index is 1.05. The smallest absolute Gasteiger partial charge is 0.419 e. The zero-order valence-electron chi connectivity index (χ0n) is 24.1. The summed E-state index contributed by atoms with van der Waals surface area (Å²) in [4.78, 5) is 31.7. The van der Waals surface area contributed by atoms with Gasteiger partial charge in [0.05, 0.1) is 13.1 Å². The van der Waals surface area contributed by atoms with Crippen LogP contribution in [0.1, 0.15) is 45.6 Å². The molecule has 0 N–H and O–H groups in total. The molecule has 4 aliphatic rings. The molecule has 4 heterocycles. The van der Waals surface area contributed by atoms with E-state index in [1.807, 2.05) is 84.9 Å². The Labute approximate surface area is 255 Å². The lowest BCUT2D eigenvalue weighted by Crippen LogP contribution is -2.52. The van der Waals surface area contributed by atoms with Crippen LogP contribution in [0.2, 0.25) is 0 Å². The molecule has 44 heavy (non-hydrogen) atoms. The first kappa shape index (κ1) is 27.2. The van der Waals surface area contributed by atoms with E-state index in [9.17, 15) is 9.59 Å². The highest BCUT2D eigenvalue weighted by Gasteiger charge is 2.57. The fraction of sp³-hybridized carbons (Fsp3) is 0.278. The highest BCUT2D eigenvalue weighted by atomic mass is 16.8. The van der Waals surface area contributed by atoms with Gasteiger partial charge in [-0.05, 0) is 22.3 Å². The summed E-state index contributed by atoms with van der Waals surface area (Å²) in [5.41, 5.74) is 5.72. The van der Waals surface area contributed by atoms with Crippen molar-refractivity contribution >= 4 is 11.9 Å². The lowest BCUT2D eigenvalue weighted by molar-refractivity contribution is -0.290. The molecule has 0 radical (unpaired) electrons. The van der Waals surface area contributed by atoms with Crippen molar-refractivity contribution in [2.24, 2.45) is 0 Å². The van der Waals surface area contributed by atoms with Gasteiger partial charge < -0.3 is 18.9 Å². The van der Waals surface area contributed by atoms with Gasteiger partial charge in [0.25, 0.3) is 11.6 Å². The molecular formula is C36H32N2O6. The van der Waals surface area contributed by atoms with Crippen LogP contribution in [-0.2, 0) is 53.2 Å². The van der Waals surface area contributed by atoms with Crippen LogP contribution in [0.4, 0.5) is 0 Å². The lowest BCUT2D eigenvalue weighted by Gasteiger charge is -2.41. The SMILES string of the molecule is O=C(OC12CN(Cc3ccccc3)CC(O1)c1ccccc12)C(=O)OC12CN(Cc3ccccc3)CC(O1)c1ccccc12. The van der Waals surface area contributed by atoms with Gasteiger partial charge in [-0.3, -0.25) is 9.80 Å². The first-order valence-corrected chi connectivity index (χ1v) is 15.0.